The molecule has 0 amide bonds. The van der Waals surface area contributed by atoms with Crippen molar-refractivity contribution in [3.8, 4) is 12.3 Å². The van der Waals surface area contributed by atoms with E-state index in [1.165, 1.54) is 0 Å². The molecule has 1 aromatic rings. The summed E-state index contributed by atoms with van der Waals surface area (Å²) in [4.78, 5) is 0. The maximum atomic E-state index is 9.08. The second-order valence-corrected chi connectivity index (χ2v) is 3.36. The van der Waals surface area contributed by atoms with Crippen molar-refractivity contribution in [2.75, 3.05) is 6.61 Å². The maximum Gasteiger partial charge on any atom is 0.114 e. The second-order valence-electron chi connectivity index (χ2n) is 3.36. The Balaban J connectivity index is 2.06. The fourth-order valence-corrected chi connectivity index (χ4v) is 1.23. The van der Waals surface area contributed by atoms with Gasteiger partial charge in [-0.2, -0.15) is 0 Å². The number of aliphatic hydroxyl groups is 1. The summed E-state index contributed by atoms with van der Waals surface area (Å²) in [6.07, 6.45) is 5.80. The molecule has 0 saturated heterocycles. The summed E-state index contributed by atoms with van der Waals surface area (Å²) in [5, 5.41) is 9.08. The Labute approximate surface area is 90.9 Å². The van der Waals surface area contributed by atoms with Gasteiger partial charge < -0.3 is 9.84 Å². The van der Waals surface area contributed by atoms with E-state index in [2.05, 4.69) is 5.92 Å². The van der Waals surface area contributed by atoms with Crippen LogP contribution < -0.4 is 0 Å². The van der Waals surface area contributed by atoms with Crippen molar-refractivity contribution in [1.82, 2.24) is 0 Å². The van der Waals surface area contributed by atoms with E-state index in [0.29, 0.717) is 19.6 Å². The molecule has 1 N–H and O–H groups in total. The van der Waals surface area contributed by atoms with E-state index >= 15 is 0 Å². The highest BCUT2D eigenvalue weighted by Gasteiger charge is 1.98. The highest BCUT2D eigenvalue weighted by molar-refractivity contribution is 5.13. The first-order valence-corrected chi connectivity index (χ1v) is 5.09. The van der Waals surface area contributed by atoms with E-state index in [1.807, 2.05) is 30.3 Å². The van der Waals surface area contributed by atoms with Crippen molar-refractivity contribution in [3.05, 3.63) is 35.9 Å². The van der Waals surface area contributed by atoms with E-state index in [4.69, 9.17) is 16.3 Å². The third kappa shape index (κ3) is 5.21. The number of hydrogen-bond acceptors (Lipinski definition) is 2. The zero-order chi connectivity index (χ0) is 10.9. The van der Waals surface area contributed by atoms with Crippen molar-refractivity contribution in [1.29, 1.82) is 0 Å². The molecule has 1 aromatic carbocycles. The van der Waals surface area contributed by atoms with Gasteiger partial charge >= 0.3 is 0 Å². The lowest BCUT2D eigenvalue weighted by Gasteiger charge is -2.05. The van der Waals surface area contributed by atoms with E-state index in [0.717, 1.165) is 12.0 Å². The lowest BCUT2D eigenvalue weighted by molar-refractivity contribution is 0.107. The number of rotatable bonds is 6. The quantitative estimate of drug-likeness (QED) is 0.567. The Bertz CT molecular complexity index is 300. The molecule has 0 aliphatic carbocycles. The van der Waals surface area contributed by atoms with Crippen LogP contribution in [0.5, 0.6) is 0 Å². The number of aliphatic hydroxyl groups excluding tert-OH is 1. The van der Waals surface area contributed by atoms with Crippen molar-refractivity contribution in [3.63, 3.8) is 0 Å². The fourth-order valence-electron chi connectivity index (χ4n) is 1.23. The molecular weight excluding hydrogens is 188 g/mol. The van der Waals surface area contributed by atoms with Crippen LogP contribution in [0.15, 0.2) is 30.3 Å². The summed E-state index contributed by atoms with van der Waals surface area (Å²) in [7, 11) is 0. The Morgan fingerprint density at radius 1 is 1.33 bits per heavy atom. The van der Waals surface area contributed by atoms with Gasteiger partial charge in [0.25, 0.3) is 0 Å². The molecule has 0 unspecified atom stereocenters. The van der Waals surface area contributed by atoms with Crippen LogP contribution in [-0.4, -0.2) is 17.8 Å². The second kappa shape index (κ2) is 7.05. The summed E-state index contributed by atoms with van der Waals surface area (Å²) in [5.74, 6) is 2.27. The molecule has 80 valence electrons. The van der Waals surface area contributed by atoms with Crippen LogP contribution in [0.2, 0.25) is 0 Å². The van der Waals surface area contributed by atoms with Gasteiger partial charge in [-0.25, -0.2) is 0 Å². The smallest absolute Gasteiger partial charge is 0.114 e. The SMILES string of the molecule is C#C[C@H](O)CCCOCc1ccccc1. The van der Waals surface area contributed by atoms with Gasteiger partial charge in [-0.05, 0) is 18.4 Å². The predicted octanol–water partition coefficient (Wildman–Crippen LogP) is 1.98. The number of terminal acetylenes is 1. The van der Waals surface area contributed by atoms with Crippen LogP contribution in [0.1, 0.15) is 18.4 Å². The number of hydrogen-bond donors (Lipinski definition) is 1. The average Bonchev–Trinajstić information content (AvgIpc) is 2.29. The summed E-state index contributed by atoms with van der Waals surface area (Å²) in [6, 6.07) is 10.0. The van der Waals surface area contributed by atoms with Crippen molar-refractivity contribution in [2.24, 2.45) is 0 Å². The fraction of sp³-hybridized carbons (Fsp3) is 0.385. The van der Waals surface area contributed by atoms with Gasteiger partial charge in [-0.3, -0.25) is 0 Å². The molecule has 1 atom stereocenters. The van der Waals surface area contributed by atoms with Crippen LogP contribution >= 0.6 is 0 Å². The minimum absolute atomic E-state index is 0.602. The topological polar surface area (TPSA) is 29.5 Å². The van der Waals surface area contributed by atoms with Gasteiger partial charge in [0, 0.05) is 6.61 Å². The van der Waals surface area contributed by atoms with Crippen molar-refractivity contribution >= 4 is 0 Å². The first kappa shape index (κ1) is 11.8. The molecule has 0 spiro atoms. The molecule has 0 aromatic heterocycles. The summed E-state index contributed by atoms with van der Waals surface area (Å²) < 4.78 is 5.43. The molecule has 0 saturated carbocycles. The zero-order valence-corrected chi connectivity index (χ0v) is 8.73. The van der Waals surface area contributed by atoms with E-state index in [-0.39, 0.29) is 0 Å². The zero-order valence-electron chi connectivity index (χ0n) is 8.73. The Morgan fingerprint density at radius 2 is 2.07 bits per heavy atom. The molecule has 2 nitrogen and oxygen atoms in total. The molecule has 2 heteroatoms. The first-order chi connectivity index (χ1) is 7.33. The largest absolute Gasteiger partial charge is 0.380 e. The molecule has 15 heavy (non-hydrogen) atoms. The molecular formula is C13H16O2. The molecule has 0 aliphatic heterocycles. The van der Waals surface area contributed by atoms with Crippen LogP contribution in [-0.2, 0) is 11.3 Å². The van der Waals surface area contributed by atoms with E-state index < -0.39 is 6.10 Å². The normalized spacial score (nSPS) is 12.0. The summed E-state index contributed by atoms with van der Waals surface area (Å²) in [5.41, 5.74) is 1.16. The molecule has 0 aliphatic rings. The lowest BCUT2D eigenvalue weighted by atomic mass is 10.2. The molecule has 0 heterocycles. The van der Waals surface area contributed by atoms with Crippen LogP contribution in [0.4, 0.5) is 0 Å². The summed E-state index contributed by atoms with van der Waals surface area (Å²) >= 11 is 0. The molecule has 1 rings (SSSR count). The number of ether oxygens (including phenoxy) is 1. The van der Waals surface area contributed by atoms with Crippen LogP contribution in [0, 0.1) is 12.3 Å². The average molecular weight is 204 g/mol. The third-order valence-electron chi connectivity index (χ3n) is 2.07. The van der Waals surface area contributed by atoms with Crippen LogP contribution in [0.3, 0.4) is 0 Å². The summed E-state index contributed by atoms with van der Waals surface area (Å²) in [6.45, 7) is 1.25. The Hall–Kier alpha value is -1.30. The molecule has 0 radical (unpaired) electrons. The first-order valence-electron chi connectivity index (χ1n) is 5.09. The van der Waals surface area contributed by atoms with E-state index in [9.17, 15) is 0 Å². The highest BCUT2D eigenvalue weighted by Crippen LogP contribution is 2.02. The predicted molar refractivity (Wildman–Crippen MR) is 60.2 cm³/mol. The molecule has 0 fully saturated rings. The Morgan fingerprint density at radius 3 is 2.73 bits per heavy atom. The van der Waals surface area contributed by atoms with Gasteiger partial charge in [0.05, 0.1) is 6.61 Å². The van der Waals surface area contributed by atoms with Gasteiger partial charge in [-0.15, -0.1) is 6.42 Å². The minimum Gasteiger partial charge on any atom is -0.380 e. The monoisotopic (exact) mass is 204 g/mol. The highest BCUT2D eigenvalue weighted by atomic mass is 16.5. The standard InChI is InChI=1S/C13H16O2/c1-2-13(14)9-6-10-15-11-12-7-4-3-5-8-12/h1,3-5,7-8,13-14H,6,9-11H2/t13-/m0/s1. The van der Waals surface area contributed by atoms with Crippen molar-refractivity contribution < 1.29 is 9.84 Å². The Kier molecular flexibility index (Phi) is 5.54. The molecule has 0 bridgehead atoms. The van der Waals surface area contributed by atoms with Gasteiger partial charge in [0.1, 0.15) is 6.10 Å². The third-order valence-corrected chi connectivity index (χ3v) is 2.07. The van der Waals surface area contributed by atoms with Crippen molar-refractivity contribution in [2.45, 2.75) is 25.6 Å². The maximum absolute atomic E-state index is 9.08. The van der Waals surface area contributed by atoms with Crippen LogP contribution in [0.25, 0.3) is 0 Å². The van der Waals surface area contributed by atoms with Gasteiger partial charge in [-0.1, -0.05) is 36.3 Å². The van der Waals surface area contributed by atoms with Gasteiger partial charge in [0.15, 0.2) is 0 Å². The number of benzene rings is 1. The minimum atomic E-state index is -0.634. The lowest BCUT2D eigenvalue weighted by Crippen LogP contribution is -2.04. The van der Waals surface area contributed by atoms with E-state index in [1.54, 1.807) is 0 Å². The van der Waals surface area contributed by atoms with Gasteiger partial charge in [0.2, 0.25) is 0 Å².